The van der Waals surface area contributed by atoms with Crippen molar-refractivity contribution in [3.05, 3.63) is 64.0 Å². The quantitative estimate of drug-likeness (QED) is 0.729. The van der Waals surface area contributed by atoms with Gasteiger partial charge in [-0.3, -0.25) is 4.57 Å². The summed E-state index contributed by atoms with van der Waals surface area (Å²) in [5.74, 6) is 0.601. The van der Waals surface area contributed by atoms with Gasteiger partial charge in [-0.2, -0.15) is 4.98 Å². The summed E-state index contributed by atoms with van der Waals surface area (Å²) < 4.78 is 1.77. The third-order valence-electron chi connectivity index (χ3n) is 4.13. The van der Waals surface area contributed by atoms with E-state index in [0.29, 0.717) is 10.9 Å². The molecule has 1 aromatic heterocycles. The summed E-state index contributed by atoms with van der Waals surface area (Å²) in [6.45, 7) is 0.734. The van der Waals surface area contributed by atoms with E-state index in [0.717, 1.165) is 28.7 Å². The Morgan fingerprint density at radius 3 is 2.64 bits per heavy atom. The molecule has 0 aliphatic heterocycles. The molecule has 0 N–H and O–H groups in total. The lowest BCUT2D eigenvalue weighted by molar-refractivity contribution is 0.614. The average molecular weight is 311 g/mol. The van der Waals surface area contributed by atoms with Crippen LogP contribution in [0.1, 0.15) is 12.8 Å². The predicted octanol–water partition coefficient (Wildman–Crippen LogP) is 4.13. The smallest absolute Gasteiger partial charge is 0.292 e. The van der Waals surface area contributed by atoms with E-state index in [2.05, 4.69) is 4.98 Å². The van der Waals surface area contributed by atoms with Crippen LogP contribution in [0.3, 0.4) is 0 Å². The van der Waals surface area contributed by atoms with Crippen molar-refractivity contribution >= 4 is 22.5 Å². The molecular formula is C18H15ClN2O. The van der Waals surface area contributed by atoms with Gasteiger partial charge >= 0.3 is 5.69 Å². The summed E-state index contributed by atoms with van der Waals surface area (Å²) in [6, 6.07) is 15.5. The van der Waals surface area contributed by atoms with E-state index >= 15 is 0 Å². The molecule has 4 heteroatoms. The van der Waals surface area contributed by atoms with Gasteiger partial charge in [-0.15, -0.1) is 0 Å². The topological polar surface area (TPSA) is 34.9 Å². The van der Waals surface area contributed by atoms with Crippen LogP contribution in [-0.4, -0.2) is 9.55 Å². The van der Waals surface area contributed by atoms with Crippen LogP contribution in [0.2, 0.25) is 5.02 Å². The van der Waals surface area contributed by atoms with Crippen molar-refractivity contribution in [1.82, 2.24) is 9.55 Å². The molecule has 22 heavy (non-hydrogen) atoms. The number of hydrogen-bond donors (Lipinski definition) is 0. The summed E-state index contributed by atoms with van der Waals surface area (Å²) in [4.78, 5) is 16.9. The molecule has 0 bridgehead atoms. The van der Waals surface area contributed by atoms with Crippen molar-refractivity contribution in [1.29, 1.82) is 0 Å². The van der Waals surface area contributed by atoms with Crippen LogP contribution in [0.15, 0.2) is 53.3 Å². The number of hydrogen-bond acceptors (Lipinski definition) is 2. The summed E-state index contributed by atoms with van der Waals surface area (Å²) in [6.07, 6.45) is 2.38. The molecule has 0 amide bonds. The van der Waals surface area contributed by atoms with Crippen LogP contribution in [0, 0.1) is 5.92 Å². The number of rotatable bonds is 3. The number of fused-ring (bicyclic) bond motifs is 1. The maximum absolute atomic E-state index is 12.5. The summed E-state index contributed by atoms with van der Waals surface area (Å²) >= 11 is 6.16. The van der Waals surface area contributed by atoms with E-state index < -0.39 is 0 Å². The zero-order valence-corrected chi connectivity index (χ0v) is 12.8. The highest BCUT2D eigenvalue weighted by Crippen LogP contribution is 2.33. The number of benzene rings is 2. The Kier molecular flexibility index (Phi) is 3.23. The fourth-order valence-corrected chi connectivity index (χ4v) is 2.97. The molecule has 0 unspecified atom stereocenters. The van der Waals surface area contributed by atoms with Crippen LogP contribution in [0.4, 0.5) is 0 Å². The molecule has 1 fully saturated rings. The van der Waals surface area contributed by atoms with Crippen molar-refractivity contribution in [3.63, 3.8) is 0 Å². The normalized spacial score (nSPS) is 14.4. The number of aromatic nitrogens is 2. The summed E-state index contributed by atoms with van der Waals surface area (Å²) in [5, 5.41) is 1.61. The van der Waals surface area contributed by atoms with Gasteiger partial charge in [0.25, 0.3) is 0 Å². The molecule has 0 spiro atoms. The molecule has 0 radical (unpaired) electrons. The van der Waals surface area contributed by atoms with Gasteiger partial charge in [-0.1, -0.05) is 41.9 Å². The van der Waals surface area contributed by atoms with Crippen molar-refractivity contribution in [3.8, 4) is 11.3 Å². The molecule has 0 saturated heterocycles. The largest absolute Gasteiger partial charge is 0.348 e. The first-order chi connectivity index (χ1) is 10.7. The summed E-state index contributed by atoms with van der Waals surface area (Å²) in [7, 11) is 0. The fourth-order valence-electron chi connectivity index (χ4n) is 2.80. The molecule has 1 heterocycles. The van der Waals surface area contributed by atoms with Gasteiger partial charge in [-0.05, 0) is 37.0 Å². The first-order valence-corrected chi connectivity index (χ1v) is 7.86. The Morgan fingerprint density at radius 1 is 1.14 bits per heavy atom. The van der Waals surface area contributed by atoms with Crippen LogP contribution < -0.4 is 5.69 Å². The highest BCUT2D eigenvalue weighted by molar-refractivity contribution is 6.31. The van der Waals surface area contributed by atoms with Gasteiger partial charge in [0.15, 0.2) is 0 Å². The molecule has 110 valence electrons. The molecule has 0 atom stereocenters. The van der Waals surface area contributed by atoms with E-state index in [1.165, 1.54) is 12.8 Å². The van der Waals surface area contributed by atoms with E-state index in [1.807, 2.05) is 48.5 Å². The van der Waals surface area contributed by atoms with E-state index in [1.54, 1.807) is 4.57 Å². The van der Waals surface area contributed by atoms with Crippen molar-refractivity contribution in [2.75, 3.05) is 0 Å². The Balaban J connectivity index is 2.01. The molecule has 1 aliphatic carbocycles. The predicted molar refractivity (Wildman–Crippen MR) is 89.2 cm³/mol. The number of halogens is 1. The monoisotopic (exact) mass is 310 g/mol. The molecular weight excluding hydrogens is 296 g/mol. The van der Waals surface area contributed by atoms with Crippen LogP contribution in [-0.2, 0) is 6.54 Å². The highest BCUT2D eigenvalue weighted by atomic mass is 35.5. The maximum Gasteiger partial charge on any atom is 0.348 e. The Hall–Kier alpha value is -2.13. The Morgan fingerprint density at radius 2 is 1.91 bits per heavy atom. The second-order valence-electron chi connectivity index (χ2n) is 5.82. The maximum atomic E-state index is 12.5. The average Bonchev–Trinajstić information content (AvgIpc) is 3.35. The lowest BCUT2D eigenvalue weighted by atomic mass is 10.1. The highest BCUT2D eigenvalue weighted by Gasteiger charge is 2.24. The van der Waals surface area contributed by atoms with Crippen molar-refractivity contribution in [2.45, 2.75) is 19.4 Å². The third-order valence-corrected chi connectivity index (χ3v) is 4.36. The first kappa shape index (κ1) is 13.5. The van der Waals surface area contributed by atoms with Gasteiger partial charge in [0.1, 0.15) is 0 Å². The minimum atomic E-state index is -0.194. The van der Waals surface area contributed by atoms with Gasteiger partial charge in [0.05, 0.1) is 11.2 Å². The first-order valence-electron chi connectivity index (χ1n) is 7.48. The molecule has 1 aliphatic rings. The Labute approximate surface area is 133 Å². The van der Waals surface area contributed by atoms with E-state index in [9.17, 15) is 4.79 Å². The molecule has 3 nitrogen and oxygen atoms in total. The second-order valence-corrected chi connectivity index (χ2v) is 6.26. The van der Waals surface area contributed by atoms with Gasteiger partial charge < -0.3 is 0 Å². The van der Waals surface area contributed by atoms with Crippen LogP contribution in [0.5, 0.6) is 0 Å². The third kappa shape index (κ3) is 2.42. The van der Waals surface area contributed by atoms with Crippen molar-refractivity contribution in [2.24, 2.45) is 5.92 Å². The number of nitrogens with zero attached hydrogens (tertiary/aromatic N) is 2. The van der Waals surface area contributed by atoms with Crippen LogP contribution >= 0.6 is 11.6 Å². The zero-order chi connectivity index (χ0) is 15.1. The van der Waals surface area contributed by atoms with Gasteiger partial charge in [-0.25, -0.2) is 4.79 Å². The van der Waals surface area contributed by atoms with Crippen LogP contribution in [0.25, 0.3) is 22.2 Å². The molecule has 1 saturated carbocycles. The lowest BCUT2D eigenvalue weighted by Crippen LogP contribution is -2.24. The fraction of sp³-hybridized carbons (Fsp3) is 0.222. The zero-order valence-electron chi connectivity index (χ0n) is 12.0. The van der Waals surface area contributed by atoms with E-state index in [-0.39, 0.29) is 5.69 Å². The van der Waals surface area contributed by atoms with Gasteiger partial charge in [0, 0.05) is 22.5 Å². The molecule has 2 aromatic carbocycles. The Bertz CT molecular complexity index is 898. The van der Waals surface area contributed by atoms with Crippen molar-refractivity contribution < 1.29 is 0 Å². The molecule has 4 rings (SSSR count). The molecule has 3 aromatic rings. The van der Waals surface area contributed by atoms with Gasteiger partial charge in [0.2, 0.25) is 0 Å². The minimum absolute atomic E-state index is 0.194. The standard InChI is InChI=1S/C18H15ClN2O/c19-14-8-9-15-16(10-14)21(11-12-6-7-12)18(22)20-17(15)13-4-2-1-3-5-13/h1-5,8-10,12H,6-7,11H2. The SMILES string of the molecule is O=c1nc(-c2ccccc2)c2ccc(Cl)cc2n1CC1CC1. The van der Waals surface area contributed by atoms with E-state index in [4.69, 9.17) is 11.6 Å². The minimum Gasteiger partial charge on any atom is -0.292 e. The summed E-state index contributed by atoms with van der Waals surface area (Å²) in [5.41, 5.74) is 2.36. The lowest BCUT2D eigenvalue weighted by Gasteiger charge is -2.12. The second kappa shape index (κ2) is 5.25.